The second-order valence-corrected chi connectivity index (χ2v) is 16.3. The summed E-state index contributed by atoms with van der Waals surface area (Å²) in [5, 5.41) is 10.7. The summed E-state index contributed by atoms with van der Waals surface area (Å²) in [6.45, 7) is 6.54. The molecule has 0 aliphatic rings. The molecule has 11 aromatic rings. The first kappa shape index (κ1) is 28.4. The number of ether oxygens (including phenoxy) is 1. The molecule has 0 bridgehead atoms. The first-order valence-electron chi connectivity index (χ1n) is 25.5. The van der Waals surface area contributed by atoms with E-state index in [1.165, 1.54) is 0 Å². The number of para-hydroxylation sites is 3. The van der Waals surface area contributed by atoms with Gasteiger partial charge in [-0.15, -0.1) is 0 Å². The average molecular weight is 827 g/mol. The van der Waals surface area contributed by atoms with Gasteiger partial charge in [0, 0.05) is 62.8 Å². The molecule has 0 aliphatic carbocycles. The summed E-state index contributed by atoms with van der Waals surface area (Å²) in [6.07, 6.45) is 1.85. The number of furan rings is 1. The van der Waals surface area contributed by atoms with Crippen LogP contribution in [0, 0.1) is 0 Å². The van der Waals surface area contributed by atoms with Gasteiger partial charge in [0.05, 0.1) is 41.8 Å². The zero-order valence-corrected chi connectivity index (χ0v) is 34.5. The number of nitrogens with one attached hydrogen (secondary N) is 2. The minimum absolute atomic E-state index is 0.0891. The SMILES string of the molecule is [2H]c1c([2H])c([2H])c(-c2cccc(-c3c([2H])c([2H])c([2H])c([2H])c3[2H])c2Nc2cc3c(cc2Nc2cccc(Oc4ccc5c6ccccc6n(-c6cc(C(C)(C)C)ccn6)c5c4)c2)oc2ccccc23)c([2H])c1[2H]. The highest BCUT2D eigenvalue weighted by Gasteiger charge is 2.20. The van der Waals surface area contributed by atoms with Gasteiger partial charge in [-0.05, 0) is 76.7 Å². The number of rotatable bonds is 9. The smallest absolute Gasteiger partial charge is 0.137 e. The molecule has 0 saturated heterocycles. The number of nitrogens with zero attached hydrogens (tertiary/aromatic N) is 2. The van der Waals surface area contributed by atoms with Crippen molar-refractivity contribution in [3.8, 4) is 39.6 Å². The van der Waals surface area contributed by atoms with Crippen molar-refractivity contribution < 1.29 is 22.9 Å². The Bertz CT molecular complexity index is 3940. The lowest BCUT2D eigenvalue weighted by molar-refractivity contribution is 0.483. The quantitative estimate of drug-likeness (QED) is 0.152. The van der Waals surface area contributed by atoms with Gasteiger partial charge < -0.3 is 19.8 Å². The van der Waals surface area contributed by atoms with Crippen LogP contribution in [0.15, 0.2) is 204 Å². The minimum Gasteiger partial charge on any atom is -0.457 e. The summed E-state index contributed by atoms with van der Waals surface area (Å²) in [5.74, 6) is 1.91. The van der Waals surface area contributed by atoms with E-state index in [9.17, 15) is 0 Å². The fourth-order valence-electron chi connectivity index (χ4n) is 8.18. The van der Waals surface area contributed by atoms with E-state index in [0.29, 0.717) is 39.7 Å². The van der Waals surface area contributed by atoms with E-state index in [1.54, 1.807) is 18.2 Å². The molecule has 2 N–H and O–H groups in total. The van der Waals surface area contributed by atoms with Crippen LogP contribution in [0.25, 0.3) is 71.8 Å². The fraction of sp³-hybridized carbons (Fsp3) is 0.0702. The van der Waals surface area contributed by atoms with Crippen molar-refractivity contribution in [3.05, 3.63) is 206 Å². The summed E-state index contributed by atoms with van der Waals surface area (Å²) in [6, 6.07) is 36.5. The second-order valence-electron chi connectivity index (χ2n) is 16.3. The molecule has 0 atom stereocenters. The first-order chi connectivity index (χ1) is 35.0. The standard InChI is InChI=1S/C57H44N4O2/c1-57(2,3)39-30-31-58-55(32-39)61-51-26-12-10-22-45(51)46-29-28-42(34-52(46)61)62-41-21-14-20-40(33-41)59-50-36-54-48(47-23-11-13-27-53(47)63-54)35-49(50)60-56-43(37-16-6-4-7-17-37)24-15-25-44(56)38-18-8-5-9-19-38/h4-36,59-60H,1-3H3/i4D,5D,6D,7D,8D,9D,16D,17D,18D,19D. The van der Waals surface area contributed by atoms with Crippen molar-refractivity contribution in [2.75, 3.05) is 10.6 Å². The Morgan fingerprint density at radius 1 is 0.556 bits per heavy atom. The Morgan fingerprint density at radius 3 is 1.98 bits per heavy atom. The highest BCUT2D eigenvalue weighted by Crippen LogP contribution is 2.44. The lowest BCUT2D eigenvalue weighted by Gasteiger charge is -2.20. The number of hydrogen-bond acceptors (Lipinski definition) is 5. The molecule has 6 nitrogen and oxygen atoms in total. The van der Waals surface area contributed by atoms with E-state index in [0.717, 1.165) is 44.0 Å². The maximum Gasteiger partial charge on any atom is 0.137 e. The summed E-state index contributed by atoms with van der Waals surface area (Å²) >= 11 is 0. The van der Waals surface area contributed by atoms with E-state index in [-0.39, 0.29) is 33.4 Å². The monoisotopic (exact) mass is 826 g/mol. The second kappa shape index (κ2) is 15.4. The molecule has 0 amide bonds. The molecule has 63 heavy (non-hydrogen) atoms. The van der Waals surface area contributed by atoms with Crippen LogP contribution in [0.4, 0.5) is 22.7 Å². The molecule has 304 valence electrons. The zero-order chi connectivity index (χ0) is 51.2. The summed E-state index contributed by atoms with van der Waals surface area (Å²) in [7, 11) is 0. The van der Waals surface area contributed by atoms with Crippen molar-refractivity contribution in [1.82, 2.24) is 9.55 Å². The normalized spacial score (nSPS) is 14.0. The molecular formula is C57H44N4O2. The molecule has 0 spiro atoms. The summed E-state index contributed by atoms with van der Waals surface area (Å²) in [5.41, 5.74) is 5.77. The van der Waals surface area contributed by atoms with Crippen molar-refractivity contribution in [2.24, 2.45) is 0 Å². The third-order valence-electron chi connectivity index (χ3n) is 11.2. The van der Waals surface area contributed by atoms with Gasteiger partial charge >= 0.3 is 0 Å². The average Bonchev–Trinajstić information content (AvgIpc) is 3.91. The van der Waals surface area contributed by atoms with Gasteiger partial charge in [-0.25, -0.2) is 4.98 Å². The lowest BCUT2D eigenvalue weighted by Crippen LogP contribution is -2.12. The number of hydrogen-bond donors (Lipinski definition) is 2. The van der Waals surface area contributed by atoms with Crippen LogP contribution in [-0.2, 0) is 5.41 Å². The highest BCUT2D eigenvalue weighted by atomic mass is 16.5. The predicted octanol–water partition coefficient (Wildman–Crippen LogP) is 16.0. The molecule has 0 radical (unpaired) electrons. The third-order valence-corrected chi connectivity index (χ3v) is 11.2. The lowest BCUT2D eigenvalue weighted by atomic mass is 9.88. The maximum absolute atomic E-state index is 9.02. The number of anilines is 4. The van der Waals surface area contributed by atoms with Gasteiger partial charge in [0.2, 0.25) is 0 Å². The predicted molar refractivity (Wildman–Crippen MR) is 261 cm³/mol. The van der Waals surface area contributed by atoms with Crippen molar-refractivity contribution in [1.29, 1.82) is 0 Å². The maximum atomic E-state index is 9.02. The largest absolute Gasteiger partial charge is 0.457 e. The van der Waals surface area contributed by atoms with Crippen molar-refractivity contribution in [2.45, 2.75) is 26.2 Å². The molecule has 0 saturated carbocycles. The first-order valence-corrected chi connectivity index (χ1v) is 20.5. The van der Waals surface area contributed by atoms with E-state index in [4.69, 9.17) is 27.8 Å². The molecular weight excluding hydrogens is 773 g/mol. The van der Waals surface area contributed by atoms with Crippen molar-refractivity contribution >= 4 is 66.5 Å². The van der Waals surface area contributed by atoms with Crippen molar-refractivity contribution in [3.63, 3.8) is 0 Å². The van der Waals surface area contributed by atoms with E-state index < -0.39 is 60.4 Å². The van der Waals surface area contributed by atoms with Gasteiger partial charge in [0.15, 0.2) is 0 Å². The van der Waals surface area contributed by atoms with Crippen LogP contribution < -0.4 is 15.4 Å². The molecule has 3 heterocycles. The van der Waals surface area contributed by atoms with Gasteiger partial charge in [0.1, 0.15) is 28.5 Å². The van der Waals surface area contributed by atoms with Crippen LogP contribution in [0.5, 0.6) is 11.5 Å². The van der Waals surface area contributed by atoms with E-state index in [1.807, 2.05) is 97.2 Å². The molecule has 3 aromatic heterocycles. The van der Waals surface area contributed by atoms with E-state index >= 15 is 0 Å². The number of aromatic nitrogens is 2. The van der Waals surface area contributed by atoms with E-state index in [2.05, 4.69) is 60.2 Å². The third kappa shape index (κ3) is 7.11. The highest BCUT2D eigenvalue weighted by molar-refractivity contribution is 6.10. The van der Waals surface area contributed by atoms with Crippen LogP contribution in [0.1, 0.15) is 40.0 Å². The summed E-state index contributed by atoms with van der Waals surface area (Å²) < 4.78 is 102. The summed E-state index contributed by atoms with van der Waals surface area (Å²) in [4.78, 5) is 4.83. The molecule has 8 aromatic carbocycles. The zero-order valence-electron chi connectivity index (χ0n) is 44.5. The van der Waals surface area contributed by atoms with Crippen LogP contribution in [-0.4, -0.2) is 9.55 Å². The Kier molecular flexibility index (Phi) is 6.96. The topological polar surface area (TPSA) is 64.2 Å². The fourth-order valence-corrected chi connectivity index (χ4v) is 8.18. The molecule has 0 unspecified atom stereocenters. The van der Waals surface area contributed by atoms with Gasteiger partial charge in [-0.1, -0.05) is 142 Å². The number of benzene rings is 8. The Hall–Kier alpha value is -8.09. The molecule has 6 heteroatoms. The molecule has 0 aliphatic heterocycles. The minimum atomic E-state index is -0.576. The number of fused-ring (bicyclic) bond motifs is 6. The van der Waals surface area contributed by atoms with Crippen LogP contribution >= 0.6 is 0 Å². The molecule has 0 fully saturated rings. The Morgan fingerprint density at radius 2 is 1.22 bits per heavy atom. The Balaban J connectivity index is 1.04. The molecule has 11 rings (SSSR count). The van der Waals surface area contributed by atoms with Crippen LogP contribution in [0.3, 0.4) is 0 Å². The van der Waals surface area contributed by atoms with Gasteiger partial charge in [0.25, 0.3) is 0 Å². The number of pyridine rings is 1. The van der Waals surface area contributed by atoms with Gasteiger partial charge in [-0.3, -0.25) is 4.57 Å². The Labute approximate surface area is 380 Å². The van der Waals surface area contributed by atoms with Gasteiger partial charge in [-0.2, -0.15) is 0 Å². The van der Waals surface area contributed by atoms with Crippen LogP contribution in [0.2, 0.25) is 0 Å².